The summed E-state index contributed by atoms with van der Waals surface area (Å²) in [5, 5.41) is 1.26. The number of amides is 1. The van der Waals surface area contributed by atoms with Crippen LogP contribution in [-0.4, -0.2) is 53.9 Å². The summed E-state index contributed by atoms with van der Waals surface area (Å²) in [5.41, 5.74) is 3.16. The predicted molar refractivity (Wildman–Crippen MR) is 101 cm³/mol. The molecule has 1 amide bonds. The first-order valence-electron chi connectivity index (χ1n) is 9.34. The summed E-state index contributed by atoms with van der Waals surface area (Å²) in [5.74, 6) is -1.20. The number of esters is 2. The monoisotopic (exact) mass is 392 g/mol. The smallest absolute Gasteiger partial charge is 0.424 e. The zero-order valence-corrected chi connectivity index (χ0v) is 16.8. The van der Waals surface area contributed by atoms with Crippen LogP contribution in [-0.2, 0) is 30.2 Å². The molecule has 1 saturated heterocycles. The van der Waals surface area contributed by atoms with Gasteiger partial charge in [0.05, 0.1) is 19.1 Å². The number of hydrazine groups is 1. The molecule has 8 heteroatoms. The normalized spacial score (nSPS) is 17.8. The van der Waals surface area contributed by atoms with Crippen LogP contribution in [0.5, 0.6) is 0 Å². The molecule has 1 aliphatic rings. The summed E-state index contributed by atoms with van der Waals surface area (Å²) in [4.78, 5) is 36.7. The first-order valence-corrected chi connectivity index (χ1v) is 9.34. The highest BCUT2D eigenvalue weighted by atomic mass is 16.6. The number of cyclic esters (lactones) is 1. The Bertz CT molecular complexity index is 686. The maximum absolute atomic E-state index is 12.3. The van der Waals surface area contributed by atoms with Crippen molar-refractivity contribution < 1.29 is 28.6 Å². The van der Waals surface area contributed by atoms with Crippen molar-refractivity contribution in [3.8, 4) is 0 Å². The van der Waals surface area contributed by atoms with Gasteiger partial charge < -0.3 is 14.2 Å². The van der Waals surface area contributed by atoms with Crippen LogP contribution in [0.2, 0.25) is 0 Å². The second-order valence-corrected chi connectivity index (χ2v) is 7.51. The topological polar surface area (TPSA) is 94.2 Å². The Balaban J connectivity index is 2.10. The van der Waals surface area contributed by atoms with E-state index in [0.717, 1.165) is 5.56 Å². The summed E-state index contributed by atoms with van der Waals surface area (Å²) in [6.07, 6.45) is -0.320. The van der Waals surface area contributed by atoms with E-state index in [1.165, 1.54) is 5.01 Å². The highest BCUT2D eigenvalue weighted by molar-refractivity contribution is 5.83. The number of rotatable bonds is 8. The molecule has 1 aliphatic heterocycles. The number of carbonyl (C=O) groups excluding carboxylic acids is 3. The Morgan fingerprint density at radius 3 is 2.57 bits per heavy atom. The van der Waals surface area contributed by atoms with Crippen molar-refractivity contribution in [2.24, 2.45) is 0 Å². The minimum Gasteiger partial charge on any atom is -0.465 e. The molecule has 1 aromatic carbocycles. The molecular formula is C20H28N2O6. The van der Waals surface area contributed by atoms with Crippen LogP contribution < -0.4 is 5.43 Å². The molecule has 8 nitrogen and oxygen atoms in total. The summed E-state index contributed by atoms with van der Waals surface area (Å²) in [7, 11) is 0. The van der Waals surface area contributed by atoms with E-state index in [2.05, 4.69) is 5.43 Å². The van der Waals surface area contributed by atoms with Gasteiger partial charge in [0.1, 0.15) is 18.2 Å². The summed E-state index contributed by atoms with van der Waals surface area (Å²) in [6, 6.07) is 8.26. The van der Waals surface area contributed by atoms with Gasteiger partial charge in [-0.05, 0) is 39.7 Å². The van der Waals surface area contributed by atoms with Crippen LogP contribution in [0, 0.1) is 0 Å². The Kier molecular flexibility index (Phi) is 7.39. The van der Waals surface area contributed by atoms with Crippen molar-refractivity contribution in [3.63, 3.8) is 0 Å². The maximum atomic E-state index is 12.3. The Morgan fingerprint density at radius 1 is 1.29 bits per heavy atom. The van der Waals surface area contributed by atoms with Crippen molar-refractivity contribution in [1.82, 2.24) is 10.4 Å². The highest BCUT2D eigenvalue weighted by Gasteiger charge is 2.37. The second kappa shape index (κ2) is 9.54. The van der Waals surface area contributed by atoms with E-state index in [1.54, 1.807) is 27.7 Å². The van der Waals surface area contributed by atoms with Gasteiger partial charge in [-0.1, -0.05) is 30.3 Å². The Hall–Kier alpha value is -2.61. The lowest BCUT2D eigenvalue weighted by Gasteiger charge is -2.27. The molecule has 0 aromatic heterocycles. The predicted octanol–water partition coefficient (Wildman–Crippen LogP) is 2.22. The van der Waals surface area contributed by atoms with Gasteiger partial charge in [0.25, 0.3) is 0 Å². The first-order chi connectivity index (χ1) is 13.2. The SMILES string of the molecule is CCOC(=O)[C@H](CC(=O)OC(C)(C)C)NN1C(=O)OC[C@@H]1Cc1ccccc1. The van der Waals surface area contributed by atoms with Gasteiger partial charge in [-0.15, -0.1) is 0 Å². The van der Waals surface area contributed by atoms with Crippen molar-refractivity contribution in [2.75, 3.05) is 13.2 Å². The summed E-state index contributed by atoms with van der Waals surface area (Å²) < 4.78 is 15.5. The van der Waals surface area contributed by atoms with Crippen molar-refractivity contribution in [1.29, 1.82) is 0 Å². The fourth-order valence-electron chi connectivity index (χ4n) is 2.80. The van der Waals surface area contributed by atoms with Gasteiger partial charge in [0.15, 0.2) is 0 Å². The lowest BCUT2D eigenvalue weighted by atomic mass is 10.1. The van der Waals surface area contributed by atoms with Gasteiger partial charge in [0, 0.05) is 0 Å². The van der Waals surface area contributed by atoms with Crippen molar-refractivity contribution in [3.05, 3.63) is 35.9 Å². The molecular weight excluding hydrogens is 364 g/mol. The third-order valence-corrected chi connectivity index (χ3v) is 3.93. The van der Waals surface area contributed by atoms with E-state index in [9.17, 15) is 14.4 Å². The molecule has 2 rings (SSSR count). The third-order valence-electron chi connectivity index (χ3n) is 3.93. The molecule has 1 N–H and O–H groups in total. The molecule has 0 aliphatic carbocycles. The molecule has 0 spiro atoms. The molecule has 1 heterocycles. The van der Waals surface area contributed by atoms with Gasteiger partial charge in [-0.3, -0.25) is 9.59 Å². The summed E-state index contributed by atoms with van der Waals surface area (Å²) >= 11 is 0. The zero-order chi connectivity index (χ0) is 20.7. The standard InChI is InChI=1S/C20H28N2O6/c1-5-26-18(24)16(12-17(23)28-20(2,3)4)21-22-15(13-27-19(22)25)11-14-9-7-6-8-10-14/h6-10,15-16,21H,5,11-13H2,1-4H3/t15-,16-/m0/s1. The van der Waals surface area contributed by atoms with Crippen LogP contribution in [0.3, 0.4) is 0 Å². The number of hydrogen-bond donors (Lipinski definition) is 1. The lowest BCUT2D eigenvalue weighted by molar-refractivity contribution is -0.160. The third kappa shape index (κ3) is 6.53. The van der Waals surface area contributed by atoms with E-state index in [0.29, 0.717) is 6.42 Å². The van der Waals surface area contributed by atoms with Gasteiger partial charge in [-0.25, -0.2) is 15.2 Å². The van der Waals surface area contributed by atoms with Gasteiger partial charge in [0.2, 0.25) is 0 Å². The van der Waals surface area contributed by atoms with Gasteiger partial charge >= 0.3 is 18.0 Å². The number of nitrogens with one attached hydrogen (secondary N) is 1. The molecule has 0 saturated carbocycles. The number of benzene rings is 1. The average molecular weight is 392 g/mol. The molecule has 1 fully saturated rings. The second-order valence-electron chi connectivity index (χ2n) is 7.51. The number of carbonyl (C=O) groups is 3. The average Bonchev–Trinajstić information content (AvgIpc) is 2.94. The minimum absolute atomic E-state index is 0.156. The van der Waals surface area contributed by atoms with E-state index in [4.69, 9.17) is 14.2 Å². The Labute approximate surface area is 165 Å². The first kappa shape index (κ1) is 21.7. The fourth-order valence-corrected chi connectivity index (χ4v) is 2.80. The molecule has 28 heavy (non-hydrogen) atoms. The largest absolute Gasteiger partial charge is 0.465 e. The van der Waals surface area contributed by atoms with Crippen LogP contribution >= 0.6 is 0 Å². The van der Waals surface area contributed by atoms with Crippen LogP contribution in [0.1, 0.15) is 39.7 Å². The summed E-state index contributed by atoms with van der Waals surface area (Å²) in [6.45, 7) is 7.24. The highest BCUT2D eigenvalue weighted by Crippen LogP contribution is 2.17. The number of nitrogens with zero attached hydrogens (tertiary/aromatic N) is 1. The minimum atomic E-state index is -1.06. The molecule has 0 unspecified atom stereocenters. The zero-order valence-electron chi connectivity index (χ0n) is 16.8. The molecule has 0 bridgehead atoms. The molecule has 0 radical (unpaired) electrons. The van der Waals surface area contributed by atoms with Gasteiger partial charge in [-0.2, -0.15) is 0 Å². The maximum Gasteiger partial charge on any atom is 0.424 e. The number of hydrogen-bond acceptors (Lipinski definition) is 7. The number of ether oxygens (including phenoxy) is 3. The van der Waals surface area contributed by atoms with Crippen molar-refractivity contribution in [2.45, 2.75) is 58.2 Å². The van der Waals surface area contributed by atoms with E-state index < -0.39 is 29.7 Å². The van der Waals surface area contributed by atoms with E-state index >= 15 is 0 Å². The lowest BCUT2D eigenvalue weighted by Crippen LogP contribution is -2.54. The Morgan fingerprint density at radius 2 is 1.96 bits per heavy atom. The quantitative estimate of drug-likeness (QED) is 0.535. The molecule has 2 atom stereocenters. The fraction of sp³-hybridized carbons (Fsp3) is 0.550. The van der Waals surface area contributed by atoms with E-state index in [1.807, 2.05) is 30.3 Å². The molecule has 154 valence electrons. The van der Waals surface area contributed by atoms with E-state index in [-0.39, 0.29) is 25.7 Å². The van der Waals surface area contributed by atoms with Crippen LogP contribution in [0.4, 0.5) is 4.79 Å². The van der Waals surface area contributed by atoms with Crippen molar-refractivity contribution >= 4 is 18.0 Å². The molecule has 1 aromatic rings. The van der Waals surface area contributed by atoms with Crippen LogP contribution in [0.25, 0.3) is 0 Å². The van der Waals surface area contributed by atoms with Crippen LogP contribution in [0.15, 0.2) is 30.3 Å².